The summed E-state index contributed by atoms with van der Waals surface area (Å²) < 4.78 is 5.30. The van der Waals surface area contributed by atoms with Crippen LogP contribution in [-0.4, -0.2) is 11.5 Å². The Bertz CT molecular complexity index is 703. The molecule has 0 amide bonds. The summed E-state index contributed by atoms with van der Waals surface area (Å²) in [4.78, 5) is 4.46. The number of para-hydroxylation sites is 1. The molecular weight excluding hydrogens is 272 g/mol. The first kappa shape index (κ1) is 13.2. The molecule has 1 aromatic carbocycles. The van der Waals surface area contributed by atoms with E-state index in [1.807, 2.05) is 18.3 Å². The van der Waals surface area contributed by atoms with Crippen LogP contribution in [0.5, 0.6) is 0 Å². The van der Waals surface area contributed by atoms with Gasteiger partial charge in [-0.05, 0) is 48.3 Å². The summed E-state index contributed by atoms with van der Waals surface area (Å²) in [5.74, 6) is 0.853. The summed E-state index contributed by atoms with van der Waals surface area (Å²) in [7, 11) is 0. The van der Waals surface area contributed by atoms with Crippen molar-refractivity contribution in [2.75, 3.05) is 6.54 Å². The average molecular weight is 287 g/mol. The lowest BCUT2D eigenvalue weighted by Gasteiger charge is -2.06. The summed E-state index contributed by atoms with van der Waals surface area (Å²) >= 11 is 5.73. The van der Waals surface area contributed by atoms with Gasteiger partial charge in [-0.2, -0.15) is 0 Å². The van der Waals surface area contributed by atoms with E-state index in [0.29, 0.717) is 11.8 Å². The van der Waals surface area contributed by atoms with Gasteiger partial charge in [0.15, 0.2) is 5.22 Å². The topological polar surface area (TPSA) is 38.1 Å². The van der Waals surface area contributed by atoms with Crippen LogP contribution in [0.1, 0.15) is 11.3 Å². The predicted octanol–water partition coefficient (Wildman–Crippen LogP) is 3.81. The normalized spacial score (nSPS) is 11.1. The van der Waals surface area contributed by atoms with E-state index in [4.69, 9.17) is 16.0 Å². The fraction of sp³-hybridized carbons (Fsp3) is 0.188. The summed E-state index contributed by atoms with van der Waals surface area (Å²) in [5.41, 5.74) is 2.34. The molecule has 0 aliphatic rings. The van der Waals surface area contributed by atoms with Gasteiger partial charge >= 0.3 is 0 Å². The average Bonchev–Trinajstić information content (AvgIpc) is 2.89. The molecule has 0 aliphatic heterocycles. The lowest BCUT2D eigenvalue weighted by atomic mass is 10.1. The molecule has 0 atom stereocenters. The number of benzene rings is 1. The molecule has 3 rings (SSSR count). The van der Waals surface area contributed by atoms with Crippen molar-refractivity contribution in [3.05, 3.63) is 65.2 Å². The minimum Gasteiger partial charge on any atom is -0.448 e. The standard InChI is InChI=1S/C16H15ClN2O/c17-15-7-6-14(20-15)11-18-10-8-13-4-1-3-12-5-2-9-19-16(12)13/h1-7,9,18H,8,10-11H2. The molecule has 4 heteroatoms. The number of hydrogen-bond donors (Lipinski definition) is 1. The third-order valence-corrected chi connectivity index (χ3v) is 3.42. The molecule has 0 unspecified atom stereocenters. The number of nitrogens with one attached hydrogen (secondary N) is 1. The second kappa shape index (κ2) is 6.07. The second-order valence-electron chi connectivity index (χ2n) is 4.62. The molecule has 3 aromatic rings. The molecule has 2 heterocycles. The Morgan fingerprint density at radius 1 is 1.10 bits per heavy atom. The van der Waals surface area contributed by atoms with E-state index in [2.05, 4.69) is 34.6 Å². The molecule has 0 bridgehead atoms. The van der Waals surface area contributed by atoms with Gasteiger partial charge in [0, 0.05) is 11.6 Å². The minimum absolute atomic E-state index is 0.431. The van der Waals surface area contributed by atoms with Gasteiger partial charge in [0.1, 0.15) is 5.76 Å². The Morgan fingerprint density at radius 2 is 2.00 bits per heavy atom. The number of aromatic nitrogens is 1. The molecule has 0 radical (unpaired) electrons. The van der Waals surface area contributed by atoms with Crippen LogP contribution in [0.3, 0.4) is 0 Å². The number of fused-ring (bicyclic) bond motifs is 1. The van der Waals surface area contributed by atoms with Crippen LogP contribution in [0.15, 0.2) is 53.1 Å². The molecule has 2 aromatic heterocycles. The summed E-state index contributed by atoms with van der Waals surface area (Å²) in [5, 5.41) is 4.96. The van der Waals surface area contributed by atoms with Gasteiger partial charge in [0.05, 0.1) is 12.1 Å². The maximum atomic E-state index is 5.73. The molecule has 0 saturated carbocycles. The zero-order valence-electron chi connectivity index (χ0n) is 11.0. The van der Waals surface area contributed by atoms with Crippen LogP contribution in [0.25, 0.3) is 10.9 Å². The van der Waals surface area contributed by atoms with Gasteiger partial charge in [0.2, 0.25) is 0 Å². The van der Waals surface area contributed by atoms with E-state index in [1.165, 1.54) is 10.9 Å². The molecule has 20 heavy (non-hydrogen) atoms. The Balaban J connectivity index is 1.60. The Hall–Kier alpha value is -1.84. The maximum Gasteiger partial charge on any atom is 0.193 e. The highest BCUT2D eigenvalue weighted by Crippen LogP contribution is 2.16. The number of furan rings is 1. The molecule has 0 fully saturated rings. The highest BCUT2D eigenvalue weighted by molar-refractivity contribution is 6.28. The van der Waals surface area contributed by atoms with Crippen molar-refractivity contribution >= 4 is 22.5 Å². The predicted molar refractivity (Wildman–Crippen MR) is 80.9 cm³/mol. The summed E-state index contributed by atoms with van der Waals surface area (Å²) in [6, 6.07) is 14.0. The summed E-state index contributed by atoms with van der Waals surface area (Å²) in [6.07, 6.45) is 2.77. The van der Waals surface area contributed by atoms with E-state index in [0.717, 1.165) is 24.2 Å². The SMILES string of the molecule is Clc1ccc(CNCCc2cccc3cccnc23)o1. The lowest BCUT2D eigenvalue weighted by Crippen LogP contribution is -2.16. The fourth-order valence-electron chi connectivity index (χ4n) is 2.25. The fourth-order valence-corrected chi connectivity index (χ4v) is 2.41. The van der Waals surface area contributed by atoms with Crippen molar-refractivity contribution in [2.45, 2.75) is 13.0 Å². The van der Waals surface area contributed by atoms with Crippen LogP contribution in [0.4, 0.5) is 0 Å². The third-order valence-electron chi connectivity index (χ3n) is 3.22. The molecule has 102 valence electrons. The van der Waals surface area contributed by atoms with Crippen LogP contribution >= 0.6 is 11.6 Å². The molecule has 1 N–H and O–H groups in total. The molecule has 0 saturated heterocycles. The summed E-state index contributed by atoms with van der Waals surface area (Å²) in [6.45, 7) is 1.55. The van der Waals surface area contributed by atoms with Crippen LogP contribution in [-0.2, 0) is 13.0 Å². The largest absolute Gasteiger partial charge is 0.448 e. The Labute approximate surface area is 122 Å². The van der Waals surface area contributed by atoms with Gasteiger partial charge in [-0.15, -0.1) is 0 Å². The first-order valence-electron chi connectivity index (χ1n) is 6.60. The van der Waals surface area contributed by atoms with Gasteiger partial charge in [0.25, 0.3) is 0 Å². The minimum atomic E-state index is 0.431. The monoisotopic (exact) mass is 286 g/mol. The molecular formula is C16H15ClN2O. The van der Waals surface area contributed by atoms with Crippen molar-refractivity contribution in [2.24, 2.45) is 0 Å². The first-order chi connectivity index (χ1) is 9.83. The highest BCUT2D eigenvalue weighted by atomic mass is 35.5. The van der Waals surface area contributed by atoms with Crippen molar-refractivity contribution in [3.8, 4) is 0 Å². The second-order valence-corrected chi connectivity index (χ2v) is 5.00. The Morgan fingerprint density at radius 3 is 2.85 bits per heavy atom. The van der Waals surface area contributed by atoms with E-state index < -0.39 is 0 Å². The van der Waals surface area contributed by atoms with Crippen molar-refractivity contribution in [3.63, 3.8) is 0 Å². The first-order valence-corrected chi connectivity index (χ1v) is 6.98. The van der Waals surface area contributed by atoms with Gasteiger partial charge < -0.3 is 9.73 Å². The van der Waals surface area contributed by atoms with E-state index in [9.17, 15) is 0 Å². The smallest absolute Gasteiger partial charge is 0.193 e. The van der Waals surface area contributed by atoms with Gasteiger partial charge in [-0.25, -0.2) is 0 Å². The highest BCUT2D eigenvalue weighted by Gasteiger charge is 2.02. The molecule has 0 aliphatic carbocycles. The third kappa shape index (κ3) is 3.00. The number of pyridine rings is 1. The zero-order chi connectivity index (χ0) is 13.8. The van der Waals surface area contributed by atoms with Crippen LogP contribution < -0.4 is 5.32 Å². The number of nitrogens with zero attached hydrogens (tertiary/aromatic N) is 1. The lowest BCUT2D eigenvalue weighted by molar-refractivity contribution is 0.486. The van der Waals surface area contributed by atoms with E-state index in [-0.39, 0.29) is 0 Å². The quantitative estimate of drug-likeness (QED) is 0.725. The van der Waals surface area contributed by atoms with E-state index >= 15 is 0 Å². The van der Waals surface area contributed by atoms with Crippen molar-refractivity contribution < 1.29 is 4.42 Å². The van der Waals surface area contributed by atoms with Gasteiger partial charge in [-0.1, -0.05) is 24.3 Å². The van der Waals surface area contributed by atoms with E-state index in [1.54, 1.807) is 6.07 Å². The maximum absolute atomic E-state index is 5.73. The molecule has 3 nitrogen and oxygen atoms in total. The van der Waals surface area contributed by atoms with Crippen molar-refractivity contribution in [1.82, 2.24) is 10.3 Å². The number of hydrogen-bond acceptors (Lipinski definition) is 3. The van der Waals surface area contributed by atoms with Crippen molar-refractivity contribution in [1.29, 1.82) is 0 Å². The number of halogens is 1. The van der Waals surface area contributed by atoms with Crippen LogP contribution in [0, 0.1) is 0 Å². The number of rotatable bonds is 5. The zero-order valence-corrected chi connectivity index (χ0v) is 11.7. The molecule has 0 spiro atoms. The van der Waals surface area contributed by atoms with Gasteiger partial charge in [-0.3, -0.25) is 4.98 Å². The van der Waals surface area contributed by atoms with Crippen LogP contribution in [0.2, 0.25) is 5.22 Å². The Kier molecular flexibility index (Phi) is 4.00.